The molecular weight excluding hydrogens is 198 g/mol. The van der Waals surface area contributed by atoms with E-state index in [-0.39, 0.29) is 11.9 Å². The topological polar surface area (TPSA) is 20.3 Å². The van der Waals surface area contributed by atoms with Crippen molar-refractivity contribution in [3.05, 3.63) is 35.9 Å². The third-order valence-corrected chi connectivity index (χ3v) is 3.75. The third kappa shape index (κ3) is 1.84. The van der Waals surface area contributed by atoms with Gasteiger partial charge in [0.1, 0.15) is 0 Å². The Morgan fingerprint density at radius 3 is 2.38 bits per heavy atom. The lowest BCUT2D eigenvalue weighted by Crippen LogP contribution is -2.34. The maximum absolute atomic E-state index is 11.9. The first kappa shape index (κ1) is 11.2. The van der Waals surface area contributed by atoms with Gasteiger partial charge in [-0.3, -0.25) is 4.79 Å². The Labute approximate surface area is 97.3 Å². The summed E-state index contributed by atoms with van der Waals surface area (Å²) in [5.41, 5.74) is 1.22. The largest absolute Gasteiger partial charge is 0.333 e. The Hall–Kier alpha value is -1.31. The van der Waals surface area contributed by atoms with Gasteiger partial charge in [-0.15, -0.1) is 0 Å². The fraction of sp³-hybridized carbons (Fsp3) is 0.500. The van der Waals surface area contributed by atoms with Crippen LogP contribution in [0.4, 0.5) is 0 Å². The molecule has 1 aliphatic rings. The van der Waals surface area contributed by atoms with Crippen LogP contribution in [-0.2, 0) is 4.79 Å². The third-order valence-electron chi connectivity index (χ3n) is 3.75. The number of rotatable bonds is 2. The van der Waals surface area contributed by atoms with Gasteiger partial charge in [-0.05, 0) is 25.3 Å². The van der Waals surface area contributed by atoms with Crippen LogP contribution in [0.3, 0.4) is 0 Å². The number of hydrogen-bond donors (Lipinski definition) is 0. The van der Waals surface area contributed by atoms with Crippen LogP contribution in [0.1, 0.15) is 38.8 Å². The molecule has 1 aromatic carbocycles. The molecule has 1 aliphatic heterocycles. The zero-order valence-corrected chi connectivity index (χ0v) is 10.2. The summed E-state index contributed by atoms with van der Waals surface area (Å²) in [6.07, 6.45) is 0.693. The highest BCUT2D eigenvalue weighted by Crippen LogP contribution is 2.32. The number of benzene rings is 1. The van der Waals surface area contributed by atoms with Crippen LogP contribution in [0, 0.1) is 5.92 Å². The highest BCUT2D eigenvalue weighted by Gasteiger charge is 2.36. The van der Waals surface area contributed by atoms with Crippen LogP contribution < -0.4 is 0 Å². The molecular formula is C14H19NO. The number of nitrogens with zero attached hydrogens (tertiary/aromatic N) is 1. The first-order valence-corrected chi connectivity index (χ1v) is 5.97. The number of amides is 1. The van der Waals surface area contributed by atoms with Crippen LogP contribution in [0.15, 0.2) is 30.3 Å². The maximum atomic E-state index is 11.9. The lowest BCUT2D eigenvalue weighted by molar-refractivity contribution is -0.130. The molecule has 1 saturated heterocycles. The molecule has 0 N–H and O–H groups in total. The van der Waals surface area contributed by atoms with Crippen molar-refractivity contribution in [3.63, 3.8) is 0 Å². The first-order valence-electron chi connectivity index (χ1n) is 5.97. The second-order valence-electron chi connectivity index (χ2n) is 4.81. The van der Waals surface area contributed by atoms with E-state index in [1.54, 1.807) is 0 Å². The normalized spacial score (nSPS) is 27.2. The van der Waals surface area contributed by atoms with E-state index >= 15 is 0 Å². The summed E-state index contributed by atoms with van der Waals surface area (Å²) in [4.78, 5) is 14.0. The fourth-order valence-corrected chi connectivity index (χ4v) is 2.51. The van der Waals surface area contributed by atoms with E-state index in [1.165, 1.54) is 5.56 Å². The van der Waals surface area contributed by atoms with Crippen LogP contribution in [0.25, 0.3) is 0 Å². The van der Waals surface area contributed by atoms with E-state index in [9.17, 15) is 4.79 Å². The van der Waals surface area contributed by atoms with Crippen molar-refractivity contribution in [1.82, 2.24) is 4.90 Å². The number of likely N-dealkylation sites (tertiary alicyclic amines) is 1. The average molecular weight is 217 g/mol. The maximum Gasteiger partial charge on any atom is 0.223 e. The van der Waals surface area contributed by atoms with Gasteiger partial charge in [-0.2, -0.15) is 0 Å². The molecule has 0 saturated carbocycles. The van der Waals surface area contributed by atoms with Crippen LogP contribution >= 0.6 is 0 Å². The molecule has 0 bridgehead atoms. The number of carbonyl (C=O) groups excluding carboxylic acids is 1. The summed E-state index contributed by atoms with van der Waals surface area (Å²) < 4.78 is 0. The zero-order chi connectivity index (χ0) is 11.7. The smallest absolute Gasteiger partial charge is 0.223 e. The molecule has 0 spiro atoms. The number of hydrogen-bond acceptors (Lipinski definition) is 1. The van der Waals surface area contributed by atoms with Gasteiger partial charge in [0.25, 0.3) is 0 Å². The van der Waals surface area contributed by atoms with Crippen molar-refractivity contribution in [2.45, 2.75) is 39.3 Å². The minimum atomic E-state index is 0.189. The average Bonchev–Trinajstić information content (AvgIpc) is 2.54. The lowest BCUT2D eigenvalue weighted by atomic mass is 10.0. The second kappa shape index (κ2) is 4.28. The summed E-state index contributed by atoms with van der Waals surface area (Å²) in [6, 6.07) is 10.8. The molecule has 0 aromatic heterocycles. The van der Waals surface area contributed by atoms with Crippen molar-refractivity contribution in [1.29, 1.82) is 0 Å². The van der Waals surface area contributed by atoms with Crippen LogP contribution in [0.2, 0.25) is 0 Å². The molecule has 1 heterocycles. The van der Waals surface area contributed by atoms with Crippen LogP contribution in [-0.4, -0.2) is 16.8 Å². The molecule has 3 atom stereocenters. The van der Waals surface area contributed by atoms with Gasteiger partial charge < -0.3 is 4.90 Å². The predicted octanol–water partition coefficient (Wildman–Crippen LogP) is 3.00. The Balaban J connectivity index is 2.22. The molecule has 2 nitrogen and oxygen atoms in total. The minimum absolute atomic E-state index is 0.189. The van der Waals surface area contributed by atoms with Crippen LogP contribution in [0.5, 0.6) is 0 Å². The van der Waals surface area contributed by atoms with Crippen molar-refractivity contribution in [3.8, 4) is 0 Å². The van der Waals surface area contributed by atoms with Crippen molar-refractivity contribution >= 4 is 5.91 Å². The molecule has 1 fully saturated rings. The fourth-order valence-electron chi connectivity index (χ4n) is 2.51. The Bertz CT molecular complexity index is 374. The van der Waals surface area contributed by atoms with Gasteiger partial charge >= 0.3 is 0 Å². The Morgan fingerprint density at radius 2 is 1.88 bits per heavy atom. The second-order valence-corrected chi connectivity index (χ2v) is 4.81. The van der Waals surface area contributed by atoms with Gasteiger partial charge in [-0.1, -0.05) is 37.3 Å². The molecule has 2 heteroatoms. The van der Waals surface area contributed by atoms with Gasteiger partial charge in [0.2, 0.25) is 5.91 Å². The van der Waals surface area contributed by atoms with E-state index in [4.69, 9.17) is 0 Å². The monoisotopic (exact) mass is 217 g/mol. The first-order chi connectivity index (χ1) is 7.61. The van der Waals surface area contributed by atoms with Crippen molar-refractivity contribution in [2.24, 2.45) is 5.92 Å². The summed E-state index contributed by atoms with van der Waals surface area (Å²) in [5.74, 6) is 0.759. The van der Waals surface area contributed by atoms with Gasteiger partial charge in [-0.25, -0.2) is 0 Å². The summed E-state index contributed by atoms with van der Waals surface area (Å²) >= 11 is 0. The predicted molar refractivity (Wildman–Crippen MR) is 64.9 cm³/mol. The molecule has 1 aromatic rings. The summed E-state index contributed by atoms with van der Waals surface area (Å²) in [6.45, 7) is 6.41. The van der Waals surface area contributed by atoms with E-state index in [1.807, 2.05) is 23.1 Å². The molecule has 0 radical (unpaired) electrons. The van der Waals surface area contributed by atoms with Gasteiger partial charge in [0, 0.05) is 12.5 Å². The zero-order valence-electron chi connectivity index (χ0n) is 10.2. The van der Waals surface area contributed by atoms with Gasteiger partial charge in [0.05, 0.1) is 6.04 Å². The summed E-state index contributed by atoms with van der Waals surface area (Å²) in [7, 11) is 0. The Morgan fingerprint density at radius 1 is 1.25 bits per heavy atom. The number of carbonyl (C=O) groups is 1. The van der Waals surface area contributed by atoms with Crippen molar-refractivity contribution in [2.75, 3.05) is 0 Å². The standard InChI is InChI=1S/C14H19NO/c1-10-9-14(16)15(11(10)2)12(3)13-7-5-4-6-8-13/h4-8,10-12H,9H2,1-3H3/t10?,11?,12-/m1/s1. The van der Waals surface area contributed by atoms with E-state index in [2.05, 4.69) is 32.9 Å². The quantitative estimate of drug-likeness (QED) is 0.745. The SMILES string of the molecule is CC1CC(=O)N([C@H](C)c2ccccc2)C1C. The molecule has 0 aliphatic carbocycles. The molecule has 1 amide bonds. The Kier molecular flexibility index (Phi) is 2.99. The van der Waals surface area contributed by atoms with E-state index in [0.29, 0.717) is 18.4 Å². The van der Waals surface area contributed by atoms with E-state index in [0.717, 1.165) is 0 Å². The highest BCUT2D eigenvalue weighted by molar-refractivity contribution is 5.79. The lowest BCUT2D eigenvalue weighted by Gasteiger charge is -2.30. The van der Waals surface area contributed by atoms with E-state index < -0.39 is 0 Å². The van der Waals surface area contributed by atoms with Gasteiger partial charge in [0.15, 0.2) is 0 Å². The molecule has 86 valence electrons. The molecule has 16 heavy (non-hydrogen) atoms. The van der Waals surface area contributed by atoms with Crippen molar-refractivity contribution < 1.29 is 4.79 Å². The molecule has 2 rings (SSSR count). The minimum Gasteiger partial charge on any atom is -0.333 e. The summed E-state index contributed by atoms with van der Waals surface area (Å²) in [5, 5.41) is 0. The highest BCUT2D eigenvalue weighted by atomic mass is 16.2. The molecule has 2 unspecified atom stereocenters.